The second-order valence-corrected chi connectivity index (χ2v) is 5.57. The molecule has 0 amide bonds. The van der Waals surface area contributed by atoms with Gasteiger partial charge in [0.2, 0.25) is 0 Å². The van der Waals surface area contributed by atoms with Crippen LogP contribution in [0.2, 0.25) is 0 Å². The maximum Gasteiger partial charge on any atom is 0.000470 e. The topological polar surface area (TPSA) is 12.0 Å². The van der Waals surface area contributed by atoms with E-state index in [0.29, 0.717) is 5.41 Å². The molecule has 0 aromatic rings. The van der Waals surface area contributed by atoms with Crippen molar-refractivity contribution in [1.82, 2.24) is 5.32 Å². The van der Waals surface area contributed by atoms with Crippen LogP contribution in [-0.2, 0) is 0 Å². The maximum absolute atomic E-state index is 3.39. The van der Waals surface area contributed by atoms with E-state index in [2.05, 4.69) is 32.5 Å². The number of unbranched alkanes of at least 4 members (excludes halogenated alkanes) is 1. The molecular weight excluding hydrogens is 202 g/mol. The van der Waals surface area contributed by atoms with Gasteiger partial charge in [-0.15, -0.1) is 0 Å². The lowest BCUT2D eigenvalue weighted by atomic mass is 9.76. The molecule has 0 fully saturated rings. The summed E-state index contributed by atoms with van der Waals surface area (Å²) in [6, 6.07) is 0. The number of thioether (sulfide) groups is 1. The van der Waals surface area contributed by atoms with Crippen LogP contribution in [0, 0.1) is 5.41 Å². The van der Waals surface area contributed by atoms with Gasteiger partial charge in [0.25, 0.3) is 0 Å². The fourth-order valence-corrected chi connectivity index (χ4v) is 2.73. The van der Waals surface area contributed by atoms with Crippen molar-refractivity contribution in [2.45, 2.75) is 52.4 Å². The van der Waals surface area contributed by atoms with E-state index in [9.17, 15) is 0 Å². The van der Waals surface area contributed by atoms with Crippen LogP contribution < -0.4 is 5.32 Å². The summed E-state index contributed by atoms with van der Waals surface area (Å²) in [7, 11) is 2.09. The van der Waals surface area contributed by atoms with Crippen LogP contribution in [0.4, 0.5) is 0 Å². The van der Waals surface area contributed by atoms with Crippen molar-refractivity contribution in [2.24, 2.45) is 5.41 Å². The van der Waals surface area contributed by atoms with Crippen LogP contribution >= 0.6 is 11.8 Å². The van der Waals surface area contributed by atoms with Crippen LogP contribution in [0.5, 0.6) is 0 Å². The van der Waals surface area contributed by atoms with Gasteiger partial charge in [-0.2, -0.15) is 11.8 Å². The Kier molecular flexibility index (Phi) is 9.73. The molecular formula is C13H29NS. The predicted octanol–water partition coefficient (Wildman–Crippen LogP) is 3.94. The minimum Gasteiger partial charge on any atom is -0.319 e. The molecule has 0 aromatic heterocycles. The lowest BCUT2D eigenvalue weighted by Gasteiger charge is -2.33. The Hall–Kier alpha value is 0.310. The average Bonchev–Trinajstić information content (AvgIpc) is 2.26. The first-order valence-corrected chi connectivity index (χ1v) is 7.77. The Bertz CT molecular complexity index is 138. The zero-order valence-corrected chi connectivity index (χ0v) is 11.9. The van der Waals surface area contributed by atoms with Gasteiger partial charge in [-0.05, 0) is 50.2 Å². The standard InChI is InChI=1S/C13H29NS/c1-5-7-9-13(6-2,12-14-3)10-8-11-15-4/h14H,5-12H2,1-4H3. The summed E-state index contributed by atoms with van der Waals surface area (Å²) in [5, 5.41) is 3.39. The van der Waals surface area contributed by atoms with Crippen LogP contribution in [0.15, 0.2) is 0 Å². The van der Waals surface area contributed by atoms with Crippen molar-refractivity contribution >= 4 is 11.8 Å². The van der Waals surface area contributed by atoms with Gasteiger partial charge in [0.15, 0.2) is 0 Å². The highest BCUT2D eigenvalue weighted by atomic mass is 32.2. The first-order chi connectivity index (χ1) is 7.24. The van der Waals surface area contributed by atoms with E-state index in [1.165, 1.54) is 50.8 Å². The van der Waals surface area contributed by atoms with E-state index < -0.39 is 0 Å². The normalized spacial score (nSPS) is 15.2. The third-order valence-electron chi connectivity index (χ3n) is 3.42. The molecule has 15 heavy (non-hydrogen) atoms. The molecule has 92 valence electrons. The highest BCUT2D eigenvalue weighted by molar-refractivity contribution is 7.98. The molecule has 0 aliphatic carbocycles. The van der Waals surface area contributed by atoms with E-state index in [1.807, 2.05) is 11.8 Å². The maximum atomic E-state index is 3.39. The molecule has 1 nitrogen and oxygen atoms in total. The first kappa shape index (κ1) is 15.3. The van der Waals surface area contributed by atoms with Gasteiger partial charge in [0.05, 0.1) is 0 Å². The number of hydrogen-bond donors (Lipinski definition) is 1. The Labute approximate surface area is 101 Å². The third kappa shape index (κ3) is 6.47. The van der Waals surface area contributed by atoms with Crippen LogP contribution in [0.1, 0.15) is 52.4 Å². The molecule has 0 bridgehead atoms. The average molecular weight is 231 g/mol. The van der Waals surface area contributed by atoms with Crippen molar-refractivity contribution in [2.75, 3.05) is 25.6 Å². The molecule has 0 heterocycles. The number of nitrogens with one attached hydrogen (secondary N) is 1. The molecule has 0 aliphatic heterocycles. The molecule has 0 saturated heterocycles. The van der Waals surface area contributed by atoms with E-state index in [-0.39, 0.29) is 0 Å². The Balaban J connectivity index is 4.09. The lowest BCUT2D eigenvalue weighted by Crippen LogP contribution is -2.32. The van der Waals surface area contributed by atoms with E-state index in [0.717, 1.165) is 0 Å². The third-order valence-corrected chi connectivity index (χ3v) is 4.11. The molecule has 1 atom stereocenters. The fraction of sp³-hybridized carbons (Fsp3) is 1.00. The van der Waals surface area contributed by atoms with Crippen LogP contribution in [0.3, 0.4) is 0 Å². The summed E-state index contributed by atoms with van der Waals surface area (Å²) in [6.45, 7) is 5.84. The van der Waals surface area contributed by atoms with Gasteiger partial charge in [0, 0.05) is 6.54 Å². The number of hydrogen-bond acceptors (Lipinski definition) is 2. The molecule has 0 spiro atoms. The van der Waals surface area contributed by atoms with Gasteiger partial charge in [-0.3, -0.25) is 0 Å². The first-order valence-electron chi connectivity index (χ1n) is 6.38. The molecule has 1 N–H and O–H groups in total. The molecule has 0 radical (unpaired) electrons. The quantitative estimate of drug-likeness (QED) is 0.572. The summed E-state index contributed by atoms with van der Waals surface area (Å²) in [5.41, 5.74) is 0.570. The highest BCUT2D eigenvalue weighted by Crippen LogP contribution is 2.33. The summed E-state index contributed by atoms with van der Waals surface area (Å²) in [5.74, 6) is 1.32. The van der Waals surface area contributed by atoms with Crippen molar-refractivity contribution in [3.05, 3.63) is 0 Å². The fourth-order valence-electron chi connectivity index (χ4n) is 2.30. The SMILES string of the molecule is CCCCC(CC)(CCCSC)CNC. The van der Waals surface area contributed by atoms with Crippen molar-refractivity contribution in [1.29, 1.82) is 0 Å². The summed E-state index contributed by atoms with van der Waals surface area (Å²) in [4.78, 5) is 0. The molecule has 0 rings (SSSR count). The lowest BCUT2D eigenvalue weighted by molar-refractivity contribution is 0.216. The highest BCUT2D eigenvalue weighted by Gasteiger charge is 2.25. The van der Waals surface area contributed by atoms with Crippen LogP contribution in [-0.4, -0.2) is 25.6 Å². The summed E-state index contributed by atoms with van der Waals surface area (Å²) < 4.78 is 0. The minimum atomic E-state index is 0.570. The molecule has 1 unspecified atom stereocenters. The monoisotopic (exact) mass is 231 g/mol. The van der Waals surface area contributed by atoms with Gasteiger partial charge >= 0.3 is 0 Å². The predicted molar refractivity (Wildman–Crippen MR) is 73.8 cm³/mol. The van der Waals surface area contributed by atoms with Crippen molar-refractivity contribution in [3.8, 4) is 0 Å². The summed E-state index contributed by atoms with van der Waals surface area (Å²) >= 11 is 1.97. The second kappa shape index (κ2) is 9.53. The van der Waals surface area contributed by atoms with Gasteiger partial charge < -0.3 is 5.32 Å². The smallest absolute Gasteiger partial charge is 0.000470 e. The van der Waals surface area contributed by atoms with E-state index in [1.54, 1.807) is 0 Å². The zero-order valence-electron chi connectivity index (χ0n) is 11.1. The number of rotatable bonds is 10. The summed E-state index contributed by atoms with van der Waals surface area (Å²) in [6.07, 6.45) is 10.4. The zero-order chi connectivity index (χ0) is 11.6. The van der Waals surface area contributed by atoms with Crippen LogP contribution in [0.25, 0.3) is 0 Å². The van der Waals surface area contributed by atoms with Gasteiger partial charge in [-0.25, -0.2) is 0 Å². The van der Waals surface area contributed by atoms with Gasteiger partial charge in [0.1, 0.15) is 0 Å². The van der Waals surface area contributed by atoms with Crippen molar-refractivity contribution in [3.63, 3.8) is 0 Å². The molecule has 0 saturated carbocycles. The largest absolute Gasteiger partial charge is 0.319 e. The molecule has 0 aromatic carbocycles. The minimum absolute atomic E-state index is 0.570. The van der Waals surface area contributed by atoms with E-state index in [4.69, 9.17) is 0 Å². The van der Waals surface area contributed by atoms with E-state index >= 15 is 0 Å². The molecule has 2 heteroatoms. The second-order valence-electron chi connectivity index (χ2n) is 4.58. The van der Waals surface area contributed by atoms with Crippen molar-refractivity contribution < 1.29 is 0 Å². The Morgan fingerprint density at radius 1 is 1.13 bits per heavy atom. The Morgan fingerprint density at radius 2 is 1.80 bits per heavy atom. The van der Waals surface area contributed by atoms with Gasteiger partial charge in [-0.1, -0.05) is 26.7 Å². The molecule has 0 aliphatic rings. The Morgan fingerprint density at radius 3 is 2.27 bits per heavy atom.